The molecule has 0 aliphatic carbocycles. The number of esters is 1. The molecule has 0 bridgehead atoms. The fraction of sp³-hybridized carbons (Fsp3) is 0.300. The molecule has 0 saturated carbocycles. The smallest absolute Gasteiger partial charge is 0.338 e. The highest BCUT2D eigenvalue weighted by atomic mass is 35.5. The Bertz CT molecular complexity index is 825. The van der Waals surface area contributed by atoms with Gasteiger partial charge in [-0.15, -0.1) is 0 Å². The second kappa shape index (κ2) is 8.77. The molecule has 0 spiro atoms. The molecule has 0 aromatic heterocycles. The molecule has 6 nitrogen and oxygen atoms in total. The Labute approximate surface area is 162 Å². The third-order valence-corrected chi connectivity index (χ3v) is 4.33. The van der Waals surface area contributed by atoms with Crippen LogP contribution in [0.5, 0.6) is 11.5 Å². The number of hydrogen-bond acceptors (Lipinski definition) is 5. The number of carbonyl (C=O) groups is 2. The number of likely N-dealkylation sites (N-methyl/N-ethyl adjacent to an activating group) is 1. The highest BCUT2D eigenvalue weighted by Gasteiger charge is 2.21. The van der Waals surface area contributed by atoms with Gasteiger partial charge in [0.15, 0.2) is 18.1 Å². The number of halogens is 1. The van der Waals surface area contributed by atoms with Crippen molar-refractivity contribution in [2.45, 2.75) is 13.3 Å². The van der Waals surface area contributed by atoms with Crippen LogP contribution in [0.3, 0.4) is 0 Å². The average Bonchev–Trinajstić information content (AvgIpc) is 2.93. The molecule has 1 heterocycles. The summed E-state index contributed by atoms with van der Waals surface area (Å²) in [5.74, 6) is -0.136. The molecule has 0 unspecified atom stereocenters. The Morgan fingerprint density at radius 1 is 1.15 bits per heavy atom. The van der Waals surface area contributed by atoms with Crippen LogP contribution in [0.1, 0.15) is 23.7 Å². The summed E-state index contributed by atoms with van der Waals surface area (Å²) < 4.78 is 16.3. The molecule has 27 heavy (non-hydrogen) atoms. The highest BCUT2D eigenvalue weighted by molar-refractivity contribution is 6.32. The quantitative estimate of drug-likeness (QED) is 0.729. The summed E-state index contributed by atoms with van der Waals surface area (Å²) >= 11 is 6.19. The zero-order valence-electron chi connectivity index (χ0n) is 14.9. The highest BCUT2D eigenvalue weighted by Crippen LogP contribution is 2.38. The molecule has 2 aromatic rings. The van der Waals surface area contributed by atoms with E-state index >= 15 is 0 Å². The van der Waals surface area contributed by atoms with E-state index in [2.05, 4.69) is 0 Å². The van der Waals surface area contributed by atoms with Crippen molar-refractivity contribution in [1.82, 2.24) is 0 Å². The van der Waals surface area contributed by atoms with Gasteiger partial charge in [0, 0.05) is 18.7 Å². The molecule has 0 saturated heterocycles. The molecule has 3 rings (SSSR count). The third kappa shape index (κ3) is 4.52. The molecule has 1 aliphatic rings. The van der Waals surface area contributed by atoms with Crippen LogP contribution in [-0.2, 0) is 9.53 Å². The van der Waals surface area contributed by atoms with Crippen molar-refractivity contribution in [1.29, 1.82) is 0 Å². The van der Waals surface area contributed by atoms with Gasteiger partial charge in [-0.05, 0) is 31.2 Å². The maximum Gasteiger partial charge on any atom is 0.338 e. The van der Waals surface area contributed by atoms with Gasteiger partial charge < -0.3 is 19.1 Å². The molecular weight excluding hydrogens is 370 g/mol. The van der Waals surface area contributed by atoms with Crippen LogP contribution in [0.15, 0.2) is 42.5 Å². The summed E-state index contributed by atoms with van der Waals surface area (Å²) in [6, 6.07) is 12.2. The molecule has 0 radical (unpaired) electrons. The van der Waals surface area contributed by atoms with Gasteiger partial charge in [-0.1, -0.05) is 29.8 Å². The van der Waals surface area contributed by atoms with Crippen molar-refractivity contribution in [3.63, 3.8) is 0 Å². The maximum absolute atomic E-state index is 12.4. The van der Waals surface area contributed by atoms with E-state index in [1.165, 1.54) is 12.1 Å². The molecule has 7 heteroatoms. The van der Waals surface area contributed by atoms with Crippen molar-refractivity contribution in [2.75, 3.05) is 31.3 Å². The fourth-order valence-electron chi connectivity index (χ4n) is 2.75. The van der Waals surface area contributed by atoms with Crippen LogP contribution in [-0.4, -0.2) is 38.2 Å². The van der Waals surface area contributed by atoms with Gasteiger partial charge in [-0.3, -0.25) is 4.79 Å². The van der Waals surface area contributed by atoms with Crippen LogP contribution in [0.4, 0.5) is 5.69 Å². The predicted molar refractivity (Wildman–Crippen MR) is 102 cm³/mol. The van der Waals surface area contributed by atoms with Gasteiger partial charge >= 0.3 is 5.97 Å². The van der Waals surface area contributed by atoms with Crippen molar-refractivity contribution < 1.29 is 23.8 Å². The molecule has 0 fully saturated rings. The Morgan fingerprint density at radius 3 is 2.63 bits per heavy atom. The van der Waals surface area contributed by atoms with Crippen LogP contribution in [0, 0.1) is 0 Å². The van der Waals surface area contributed by atoms with Gasteiger partial charge in [0.1, 0.15) is 0 Å². The first-order chi connectivity index (χ1) is 13.1. The summed E-state index contributed by atoms with van der Waals surface area (Å²) in [5, 5.41) is 0.271. The number of carbonyl (C=O) groups excluding carboxylic acids is 2. The van der Waals surface area contributed by atoms with Crippen molar-refractivity contribution in [3.05, 3.63) is 53.1 Å². The first-order valence-electron chi connectivity index (χ1n) is 8.72. The SMILES string of the molecule is CCN(C(=O)COC(=O)c1cc(Cl)c2c(c1)OCCCO2)c1ccccc1. The van der Waals surface area contributed by atoms with Gasteiger partial charge in [-0.2, -0.15) is 0 Å². The number of rotatable bonds is 5. The average molecular weight is 390 g/mol. The van der Waals surface area contributed by atoms with Gasteiger partial charge in [0.25, 0.3) is 5.91 Å². The first kappa shape index (κ1) is 19.0. The Balaban J connectivity index is 1.68. The van der Waals surface area contributed by atoms with Gasteiger partial charge in [-0.25, -0.2) is 4.79 Å². The zero-order chi connectivity index (χ0) is 19.2. The second-order valence-corrected chi connectivity index (χ2v) is 6.29. The summed E-state index contributed by atoms with van der Waals surface area (Å²) in [4.78, 5) is 26.4. The predicted octanol–water partition coefficient (Wildman–Crippen LogP) is 3.71. The van der Waals surface area contributed by atoms with E-state index in [-0.39, 0.29) is 23.1 Å². The normalized spacial score (nSPS) is 12.8. The van der Waals surface area contributed by atoms with E-state index < -0.39 is 5.97 Å². The minimum atomic E-state index is -0.648. The minimum absolute atomic E-state index is 0.208. The lowest BCUT2D eigenvalue weighted by molar-refractivity contribution is -0.121. The van der Waals surface area contributed by atoms with E-state index in [0.717, 1.165) is 12.1 Å². The largest absolute Gasteiger partial charge is 0.489 e. The standard InChI is InChI=1S/C20H20ClNO5/c1-2-22(15-7-4-3-5-8-15)18(23)13-27-20(24)14-11-16(21)19-17(12-14)25-9-6-10-26-19/h3-5,7-8,11-12H,2,6,9-10,13H2,1H3. The molecule has 0 N–H and O–H groups in total. The minimum Gasteiger partial charge on any atom is -0.489 e. The lowest BCUT2D eigenvalue weighted by Crippen LogP contribution is -2.34. The van der Waals surface area contributed by atoms with Crippen molar-refractivity contribution in [3.8, 4) is 11.5 Å². The van der Waals surface area contributed by atoms with Crippen LogP contribution in [0.2, 0.25) is 5.02 Å². The number of anilines is 1. The van der Waals surface area contributed by atoms with Crippen LogP contribution in [0.25, 0.3) is 0 Å². The van der Waals surface area contributed by atoms with E-state index in [9.17, 15) is 9.59 Å². The monoisotopic (exact) mass is 389 g/mol. The van der Waals surface area contributed by atoms with E-state index in [1.807, 2.05) is 37.3 Å². The number of benzene rings is 2. The first-order valence-corrected chi connectivity index (χ1v) is 9.09. The lowest BCUT2D eigenvalue weighted by Gasteiger charge is -2.20. The molecule has 1 aliphatic heterocycles. The molecule has 2 aromatic carbocycles. The Morgan fingerprint density at radius 2 is 1.89 bits per heavy atom. The van der Waals surface area contributed by atoms with Crippen LogP contribution >= 0.6 is 11.6 Å². The lowest BCUT2D eigenvalue weighted by atomic mass is 10.2. The fourth-order valence-corrected chi connectivity index (χ4v) is 3.01. The van der Waals surface area contributed by atoms with Crippen molar-refractivity contribution in [2.24, 2.45) is 0 Å². The molecule has 0 atom stereocenters. The second-order valence-electron chi connectivity index (χ2n) is 5.89. The van der Waals surface area contributed by atoms with E-state index in [1.54, 1.807) is 4.90 Å². The Kier molecular flexibility index (Phi) is 6.19. The molecule has 142 valence electrons. The number of fused-ring (bicyclic) bond motifs is 1. The summed E-state index contributed by atoms with van der Waals surface area (Å²) in [5.41, 5.74) is 0.958. The maximum atomic E-state index is 12.4. The van der Waals surface area contributed by atoms with Gasteiger partial charge in [0.2, 0.25) is 0 Å². The third-order valence-electron chi connectivity index (χ3n) is 4.05. The van der Waals surface area contributed by atoms with Crippen molar-refractivity contribution >= 4 is 29.2 Å². The number of ether oxygens (including phenoxy) is 3. The number of para-hydroxylation sites is 1. The van der Waals surface area contributed by atoms with E-state index in [0.29, 0.717) is 31.3 Å². The van der Waals surface area contributed by atoms with E-state index in [4.69, 9.17) is 25.8 Å². The number of nitrogens with zero attached hydrogens (tertiary/aromatic N) is 1. The summed E-state index contributed by atoms with van der Waals surface area (Å²) in [6.45, 7) is 2.93. The zero-order valence-corrected chi connectivity index (χ0v) is 15.7. The number of hydrogen-bond donors (Lipinski definition) is 0. The molecule has 1 amide bonds. The number of amides is 1. The summed E-state index contributed by atoms with van der Waals surface area (Å²) in [6.07, 6.45) is 0.728. The van der Waals surface area contributed by atoms with Crippen LogP contribution < -0.4 is 14.4 Å². The topological polar surface area (TPSA) is 65.1 Å². The summed E-state index contributed by atoms with van der Waals surface area (Å²) in [7, 11) is 0. The van der Waals surface area contributed by atoms with Gasteiger partial charge in [0.05, 0.1) is 23.8 Å². The molecular formula is C20H20ClNO5. The Hall–Kier alpha value is -2.73.